The number of thiazole rings is 2. The Bertz CT molecular complexity index is 2270. The van der Waals surface area contributed by atoms with Gasteiger partial charge in [-0.25, -0.2) is 23.5 Å². The first-order chi connectivity index (χ1) is 23.9. The van der Waals surface area contributed by atoms with Crippen LogP contribution in [0.3, 0.4) is 0 Å². The molecule has 8 rings (SSSR count). The number of piperidine rings is 1. The molecule has 0 unspecified atom stereocenters. The Morgan fingerprint density at radius 1 is 0.900 bits per heavy atom. The molecule has 4 heterocycles. The SMILES string of the molecule is CC(C)(C)CN1CCC2(CC1)CN(c1ccccc1NC(=O)Nc1nc3ccc(F)cc3s1)c1c(O)ccc(-c3nc4cc(F)ccc4s3)c12. The topological polar surface area (TPSA) is 93.6 Å². The third-order valence-corrected chi connectivity index (χ3v) is 11.5. The third kappa shape index (κ3) is 6.05. The van der Waals surface area contributed by atoms with Crippen molar-refractivity contribution in [3.8, 4) is 16.3 Å². The normalized spacial score (nSPS) is 16.0. The van der Waals surface area contributed by atoms with Crippen molar-refractivity contribution in [2.45, 2.75) is 39.0 Å². The molecule has 2 aliphatic heterocycles. The Balaban J connectivity index is 1.18. The van der Waals surface area contributed by atoms with Gasteiger partial charge in [-0.15, -0.1) is 11.3 Å². The molecule has 50 heavy (non-hydrogen) atoms. The molecule has 0 radical (unpaired) electrons. The van der Waals surface area contributed by atoms with E-state index in [9.17, 15) is 18.7 Å². The molecule has 0 atom stereocenters. The summed E-state index contributed by atoms with van der Waals surface area (Å²) in [6, 6.07) is 19.7. The molecule has 0 aliphatic carbocycles. The first-order valence-electron chi connectivity index (χ1n) is 16.6. The molecule has 2 amide bonds. The van der Waals surface area contributed by atoms with Gasteiger partial charge < -0.3 is 20.2 Å². The highest BCUT2D eigenvalue weighted by Crippen LogP contribution is 2.57. The largest absolute Gasteiger partial charge is 0.506 e. The van der Waals surface area contributed by atoms with Crippen molar-refractivity contribution >= 4 is 71.3 Å². The highest BCUT2D eigenvalue weighted by atomic mass is 32.1. The highest BCUT2D eigenvalue weighted by Gasteiger charge is 2.49. The number of likely N-dealkylation sites (tertiary alicyclic amines) is 1. The lowest BCUT2D eigenvalue weighted by molar-refractivity contribution is 0.125. The lowest BCUT2D eigenvalue weighted by Crippen LogP contribution is -2.47. The Kier molecular flexibility index (Phi) is 8.00. The molecule has 8 nitrogen and oxygen atoms in total. The van der Waals surface area contributed by atoms with Crippen LogP contribution in [0.2, 0.25) is 0 Å². The van der Waals surface area contributed by atoms with Crippen LogP contribution in [-0.4, -0.2) is 52.2 Å². The van der Waals surface area contributed by atoms with Crippen molar-refractivity contribution in [1.82, 2.24) is 14.9 Å². The van der Waals surface area contributed by atoms with Crippen LogP contribution in [0.25, 0.3) is 31.0 Å². The zero-order valence-electron chi connectivity index (χ0n) is 27.9. The van der Waals surface area contributed by atoms with E-state index in [0.717, 1.165) is 59.0 Å². The van der Waals surface area contributed by atoms with Gasteiger partial charge in [0.05, 0.1) is 37.5 Å². The lowest BCUT2D eigenvalue weighted by atomic mass is 9.72. The molecule has 0 bridgehead atoms. The Morgan fingerprint density at radius 2 is 1.66 bits per heavy atom. The number of benzene rings is 4. The van der Waals surface area contributed by atoms with Gasteiger partial charge in [-0.2, -0.15) is 0 Å². The summed E-state index contributed by atoms with van der Waals surface area (Å²) in [5.41, 5.74) is 5.02. The first-order valence-corrected chi connectivity index (χ1v) is 18.2. The molecule has 256 valence electrons. The number of aromatic nitrogens is 2. The molecule has 1 fully saturated rings. The number of urea groups is 1. The molecule has 0 saturated carbocycles. The predicted molar refractivity (Wildman–Crippen MR) is 199 cm³/mol. The van der Waals surface area contributed by atoms with E-state index in [0.29, 0.717) is 38.8 Å². The van der Waals surface area contributed by atoms with Crippen LogP contribution in [-0.2, 0) is 5.41 Å². The number of aromatic hydroxyl groups is 1. The van der Waals surface area contributed by atoms with Gasteiger partial charge in [0.2, 0.25) is 0 Å². The Morgan fingerprint density at radius 3 is 2.46 bits per heavy atom. The van der Waals surface area contributed by atoms with Gasteiger partial charge in [0.15, 0.2) is 5.13 Å². The summed E-state index contributed by atoms with van der Waals surface area (Å²) < 4.78 is 29.5. The molecule has 1 saturated heterocycles. The number of halogens is 2. The first kappa shape index (κ1) is 32.5. The van der Waals surface area contributed by atoms with E-state index in [1.54, 1.807) is 18.2 Å². The number of phenols is 1. The number of phenolic OH excluding ortho intramolecular Hbond substituents is 1. The van der Waals surface area contributed by atoms with Crippen LogP contribution in [0.15, 0.2) is 72.8 Å². The van der Waals surface area contributed by atoms with Gasteiger partial charge in [0, 0.05) is 30.1 Å². The number of amides is 2. The van der Waals surface area contributed by atoms with Crippen molar-refractivity contribution in [1.29, 1.82) is 0 Å². The van der Waals surface area contributed by atoms with Crippen LogP contribution >= 0.6 is 22.7 Å². The second kappa shape index (κ2) is 12.3. The van der Waals surface area contributed by atoms with Crippen LogP contribution in [0.4, 0.5) is 35.8 Å². The average Bonchev–Trinajstić information content (AvgIpc) is 3.76. The van der Waals surface area contributed by atoms with Crippen molar-refractivity contribution in [2.75, 3.05) is 41.7 Å². The maximum atomic E-state index is 14.2. The van der Waals surface area contributed by atoms with Gasteiger partial charge in [0.25, 0.3) is 0 Å². The van der Waals surface area contributed by atoms with Crippen LogP contribution in [0, 0.1) is 17.0 Å². The van der Waals surface area contributed by atoms with Crippen molar-refractivity contribution in [3.05, 3.63) is 90.0 Å². The van der Waals surface area contributed by atoms with Crippen LogP contribution < -0.4 is 15.5 Å². The molecular formula is C38H36F2N6O2S2. The molecule has 2 aliphatic rings. The smallest absolute Gasteiger partial charge is 0.325 e. The van der Waals surface area contributed by atoms with Crippen molar-refractivity contribution in [2.24, 2.45) is 5.41 Å². The molecule has 12 heteroatoms. The Labute approximate surface area is 296 Å². The molecular weight excluding hydrogens is 675 g/mol. The zero-order valence-corrected chi connectivity index (χ0v) is 29.5. The summed E-state index contributed by atoms with van der Waals surface area (Å²) >= 11 is 2.71. The second-order valence-electron chi connectivity index (χ2n) is 14.4. The van der Waals surface area contributed by atoms with E-state index < -0.39 is 6.03 Å². The molecule has 4 aromatic carbocycles. The average molecular weight is 711 g/mol. The number of nitrogens with one attached hydrogen (secondary N) is 2. The maximum absolute atomic E-state index is 14.2. The van der Waals surface area contributed by atoms with E-state index in [1.165, 1.54) is 46.9 Å². The molecule has 2 aromatic heterocycles. The standard InChI is InChI=1S/C38H36F2N6O2S2/c1-37(2,3)20-45-16-14-38(15-17-45)21-46(33-29(47)12-10-24(32(33)38)34-41-27-18-22(39)9-13-30(27)49-34)28-7-5-4-6-25(28)42-35(48)44-36-43-26-11-8-23(40)19-31(26)50-36/h4-13,18-19,47H,14-17,20-21H2,1-3H3,(H2,42,43,44,48). The molecule has 3 N–H and O–H groups in total. The van der Waals surface area contributed by atoms with Gasteiger partial charge in [-0.1, -0.05) is 44.2 Å². The summed E-state index contributed by atoms with van der Waals surface area (Å²) in [4.78, 5) is 27.3. The Hall–Kier alpha value is -4.65. The van der Waals surface area contributed by atoms with E-state index >= 15 is 0 Å². The van der Waals surface area contributed by atoms with Gasteiger partial charge in [0.1, 0.15) is 22.4 Å². The maximum Gasteiger partial charge on any atom is 0.325 e. The minimum absolute atomic E-state index is 0.144. The third-order valence-electron chi connectivity index (χ3n) is 9.52. The fourth-order valence-corrected chi connectivity index (χ4v) is 9.35. The number of hydrogen-bond acceptors (Lipinski definition) is 8. The number of fused-ring (bicyclic) bond motifs is 4. The quantitative estimate of drug-likeness (QED) is 0.165. The summed E-state index contributed by atoms with van der Waals surface area (Å²) in [5, 5.41) is 18.6. The zero-order chi connectivity index (χ0) is 34.8. The number of hydrogen-bond donors (Lipinski definition) is 3. The van der Waals surface area contributed by atoms with Crippen molar-refractivity contribution in [3.63, 3.8) is 0 Å². The van der Waals surface area contributed by atoms with Crippen LogP contribution in [0.1, 0.15) is 39.2 Å². The van der Waals surface area contributed by atoms with Gasteiger partial charge in [-0.05, 0) is 91.5 Å². The lowest BCUT2D eigenvalue weighted by Gasteiger charge is -2.42. The minimum atomic E-state index is -0.485. The van der Waals surface area contributed by atoms with Gasteiger partial charge in [-0.3, -0.25) is 5.32 Å². The second-order valence-corrected chi connectivity index (χ2v) is 16.5. The highest BCUT2D eigenvalue weighted by molar-refractivity contribution is 7.22. The molecule has 6 aromatic rings. The number of rotatable bonds is 5. The monoisotopic (exact) mass is 710 g/mol. The minimum Gasteiger partial charge on any atom is -0.506 e. The number of anilines is 4. The molecule has 1 spiro atoms. The number of para-hydroxylation sites is 2. The van der Waals surface area contributed by atoms with E-state index in [2.05, 4.69) is 46.2 Å². The van der Waals surface area contributed by atoms with Crippen molar-refractivity contribution < 1.29 is 18.7 Å². The van der Waals surface area contributed by atoms with Crippen LogP contribution in [0.5, 0.6) is 5.75 Å². The fraction of sp³-hybridized carbons (Fsp3) is 0.289. The van der Waals surface area contributed by atoms with E-state index in [4.69, 9.17) is 4.98 Å². The van der Waals surface area contributed by atoms with E-state index in [-0.39, 0.29) is 28.2 Å². The van der Waals surface area contributed by atoms with E-state index in [1.807, 2.05) is 30.3 Å². The van der Waals surface area contributed by atoms with Gasteiger partial charge >= 0.3 is 6.03 Å². The summed E-state index contributed by atoms with van der Waals surface area (Å²) in [7, 11) is 0. The summed E-state index contributed by atoms with van der Waals surface area (Å²) in [6.45, 7) is 10.2. The fourth-order valence-electron chi connectivity index (χ4n) is 7.49. The predicted octanol–water partition coefficient (Wildman–Crippen LogP) is 9.73. The summed E-state index contributed by atoms with van der Waals surface area (Å²) in [5.74, 6) is -0.548. The number of nitrogens with zero attached hydrogens (tertiary/aromatic N) is 4. The summed E-state index contributed by atoms with van der Waals surface area (Å²) in [6.07, 6.45) is 1.74. The number of carbonyl (C=O) groups excluding carboxylic acids is 1. The number of carbonyl (C=O) groups is 1.